The molecular formula is C28H30O4S. The minimum Gasteiger partial charge on any atom is -0.508 e. The van der Waals surface area contributed by atoms with Gasteiger partial charge in [-0.1, -0.05) is 24.3 Å². The van der Waals surface area contributed by atoms with Gasteiger partial charge in [-0.2, -0.15) is 13.5 Å². The Labute approximate surface area is 201 Å². The van der Waals surface area contributed by atoms with E-state index in [1.54, 1.807) is 24.3 Å². The number of benzene rings is 4. The lowest BCUT2D eigenvalue weighted by molar-refractivity contribution is 0.470. The highest BCUT2D eigenvalue weighted by molar-refractivity contribution is 7.59. The molecule has 0 aromatic heterocycles. The number of hydrogen-bond acceptors (Lipinski definition) is 4. The summed E-state index contributed by atoms with van der Waals surface area (Å²) in [6.07, 6.45) is 0. The molecule has 0 spiro atoms. The molecule has 0 fully saturated rings. The van der Waals surface area contributed by atoms with Gasteiger partial charge in [0.2, 0.25) is 0 Å². The minimum absolute atomic E-state index is 0. The fourth-order valence-corrected chi connectivity index (χ4v) is 3.34. The quantitative estimate of drug-likeness (QED) is 0.262. The number of hydrogen-bond donors (Lipinski definition) is 4. The van der Waals surface area contributed by atoms with Gasteiger partial charge in [-0.25, -0.2) is 0 Å². The first-order chi connectivity index (χ1) is 15.2. The molecule has 4 rings (SSSR count). The number of phenols is 4. The highest BCUT2D eigenvalue weighted by atomic mass is 32.1. The molecule has 0 heterocycles. The molecule has 4 N–H and O–H groups in total. The second-order valence-electron chi connectivity index (χ2n) is 8.01. The molecule has 0 atom stereocenters. The summed E-state index contributed by atoms with van der Waals surface area (Å²) < 4.78 is 0. The van der Waals surface area contributed by atoms with Crippen molar-refractivity contribution >= 4 is 13.5 Å². The van der Waals surface area contributed by atoms with E-state index in [0.717, 1.165) is 44.5 Å². The SMILES string of the molecule is Cc1cc(-c2ccc(O)c(C)c2)ccc1O.Cc1cc(-c2ccc(O)c(C)c2)ccc1O.S. The highest BCUT2D eigenvalue weighted by Gasteiger charge is 2.04. The van der Waals surface area contributed by atoms with Crippen molar-refractivity contribution < 1.29 is 20.4 Å². The van der Waals surface area contributed by atoms with Gasteiger partial charge in [0.15, 0.2) is 0 Å². The van der Waals surface area contributed by atoms with Crippen LogP contribution in [-0.4, -0.2) is 20.4 Å². The number of phenolic OH excluding ortho intramolecular Hbond substituents is 4. The summed E-state index contributed by atoms with van der Waals surface area (Å²) in [6, 6.07) is 22.0. The van der Waals surface area contributed by atoms with Crippen LogP contribution < -0.4 is 0 Å². The molecule has 0 aliphatic carbocycles. The Morgan fingerprint density at radius 2 is 0.545 bits per heavy atom. The van der Waals surface area contributed by atoms with Crippen LogP contribution in [0.2, 0.25) is 0 Å². The minimum atomic E-state index is 0. The molecule has 4 nitrogen and oxygen atoms in total. The predicted octanol–water partition coefficient (Wildman–Crippen LogP) is 6.88. The fraction of sp³-hybridized carbons (Fsp3) is 0.143. The van der Waals surface area contributed by atoms with Crippen LogP contribution in [0.4, 0.5) is 0 Å². The van der Waals surface area contributed by atoms with Gasteiger partial charge in [0.05, 0.1) is 0 Å². The van der Waals surface area contributed by atoms with E-state index in [1.165, 1.54) is 0 Å². The van der Waals surface area contributed by atoms with E-state index in [9.17, 15) is 20.4 Å². The summed E-state index contributed by atoms with van der Waals surface area (Å²) in [7, 11) is 0. The molecule has 0 aliphatic heterocycles. The Kier molecular flexibility index (Phi) is 8.44. The standard InChI is InChI=1S/2C14H14O2.H2S/c2*1-9-7-11(3-5-13(9)15)12-4-6-14(16)10(2)8-12;/h2*3-8,15-16H,1-2H3;1H2. The van der Waals surface area contributed by atoms with E-state index >= 15 is 0 Å². The first-order valence-corrected chi connectivity index (χ1v) is 10.3. The normalized spacial score (nSPS) is 10.1. The van der Waals surface area contributed by atoms with E-state index in [2.05, 4.69) is 0 Å². The number of aryl methyl sites for hydroxylation is 4. The van der Waals surface area contributed by atoms with E-state index in [-0.39, 0.29) is 13.5 Å². The van der Waals surface area contributed by atoms with Crippen LogP contribution in [0.15, 0.2) is 72.8 Å². The Morgan fingerprint density at radius 1 is 0.364 bits per heavy atom. The smallest absolute Gasteiger partial charge is 0.118 e. The molecule has 0 saturated heterocycles. The summed E-state index contributed by atoms with van der Waals surface area (Å²) in [5, 5.41) is 37.8. The van der Waals surface area contributed by atoms with Crippen LogP contribution in [0.25, 0.3) is 22.3 Å². The lowest BCUT2D eigenvalue weighted by atomic mass is 10.0. The first kappa shape index (κ1) is 25.7. The molecule has 33 heavy (non-hydrogen) atoms. The van der Waals surface area contributed by atoms with Crippen LogP contribution >= 0.6 is 13.5 Å². The molecule has 0 radical (unpaired) electrons. The second-order valence-corrected chi connectivity index (χ2v) is 8.01. The average molecular weight is 463 g/mol. The van der Waals surface area contributed by atoms with Gasteiger partial charge in [0.25, 0.3) is 0 Å². The zero-order chi connectivity index (χ0) is 23.4. The van der Waals surface area contributed by atoms with Crippen molar-refractivity contribution in [1.82, 2.24) is 0 Å². The fourth-order valence-electron chi connectivity index (χ4n) is 3.34. The summed E-state index contributed by atoms with van der Waals surface area (Å²) in [5.74, 6) is 1.22. The zero-order valence-corrected chi connectivity index (χ0v) is 20.2. The molecule has 4 aromatic rings. The molecule has 172 valence electrons. The molecule has 0 saturated carbocycles. The summed E-state index contributed by atoms with van der Waals surface area (Å²) in [4.78, 5) is 0. The van der Waals surface area contributed by atoms with E-state index in [1.807, 2.05) is 76.2 Å². The topological polar surface area (TPSA) is 80.9 Å². The Bertz CT molecular complexity index is 1070. The second kappa shape index (κ2) is 10.8. The average Bonchev–Trinajstić information content (AvgIpc) is 2.76. The maximum Gasteiger partial charge on any atom is 0.118 e. The van der Waals surface area contributed by atoms with Gasteiger partial charge in [0.1, 0.15) is 23.0 Å². The third-order valence-electron chi connectivity index (χ3n) is 5.45. The summed E-state index contributed by atoms with van der Waals surface area (Å²) in [6.45, 7) is 7.47. The van der Waals surface area contributed by atoms with Gasteiger partial charge in [-0.3, -0.25) is 0 Å². The molecule has 0 amide bonds. The van der Waals surface area contributed by atoms with E-state index in [4.69, 9.17) is 0 Å². The van der Waals surface area contributed by atoms with Crippen molar-refractivity contribution in [2.24, 2.45) is 0 Å². The Balaban J connectivity index is 0.000000227. The van der Waals surface area contributed by atoms with Crippen molar-refractivity contribution in [2.75, 3.05) is 0 Å². The van der Waals surface area contributed by atoms with E-state index < -0.39 is 0 Å². The van der Waals surface area contributed by atoms with Crippen molar-refractivity contribution in [1.29, 1.82) is 0 Å². The summed E-state index contributed by atoms with van der Waals surface area (Å²) >= 11 is 0. The molecule has 0 unspecified atom stereocenters. The van der Waals surface area contributed by atoms with Crippen molar-refractivity contribution in [2.45, 2.75) is 27.7 Å². The predicted molar refractivity (Wildman–Crippen MR) is 140 cm³/mol. The molecular weight excluding hydrogens is 432 g/mol. The summed E-state index contributed by atoms with van der Waals surface area (Å²) in [5.41, 5.74) is 7.56. The van der Waals surface area contributed by atoms with Crippen LogP contribution in [-0.2, 0) is 0 Å². The lowest BCUT2D eigenvalue weighted by Crippen LogP contribution is -1.82. The van der Waals surface area contributed by atoms with Crippen molar-refractivity contribution in [3.05, 3.63) is 95.1 Å². The zero-order valence-electron chi connectivity index (χ0n) is 19.2. The molecule has 0 bridgehead atoms. The van der Waals surface area contributed by atoms with Crippen LogP contribution in [0, 0.1) is 27.7 Å². The number of rotatable bonds is 2. The van der Waals surface area contributed by atoms with Crippen LogP contribution in [0.3, 0.4) is 0 Å². The van der Waals surface area contributed by atoms with Gasteiger partial charge in [-0.15, -0.1) is 0 Å². The highest BCUT2D eigenvalue weighted by Crippen LogP contribution is 2.29. The third-order valence-corrected chi connectivity index (χ3v) is 5.45. The number of aromatic hydroxyl groups is 4. The van der Waals surface area contributed by atoms with Gasteiger partial charge >= 0.3 is 0 Å². The van der Waals surface area contributed by atoms with Gasteiger partial charge < -0.3 is 20.4 Å². The monoisotopic (exact) mass is 462 g/mol. The molecule has 4 aromatic carbocycles. The van der Waals surface area contributed by atoms with Crippen molar-refractivity contribution in [3.63, 3.8) is 0 Å². The van der Waals surface area contributed by atoms with Crippen LogP contribution in [0.5, 0.6) is 23.0 Å². The van der Waals surface area contributed by atoms with Crippen molar-refractivity contribution in [3.8, 4) is 45.3 Å². The molecule has 0 aliphatic rings. The first-order valence-electron chi connectivity index (χ1n) is 10.3. The third kappa shape index (κ3) is 6.24. The Hall–Kier alpha value is -3.57. The largest absolute Gasteiger partial charge is 0.508 e. The lowest BCUT2D eigenvalue weighted by Gasteiger charge is -2.06. The maximum absolute atomic E-state index is 9.45. The molecule has 5 heteroatoms. The van der Waals surface area contributed by atoms with Gasteiger partial charge in [-0.05, 0) is 121 Å². The Morgan fingerprint density at radius 3 is 0.697 bits per heavy atom. The van der Waals surface area contributed by atoms with Crippen LogP contribution in [0.1, 0.15) is 22.3 Å². The maximum atomic E-state index is 9.45. The van der Waals surface area contributed by atoms with Gasteiger partial charge in [0, 0.05) is 0 Å². The van der Waals surface area contributed by atoms with E-state index in [0.29, 0.717) is 23.0 Å².